The fourth-order valence-electron chi connectivity index (χ4n) is 2.75. The number of aryl methyl sites for hydroxylation is 2. The molecule has 0 aliphatic carbocycles. The van der Waals surface area contributed by atoms with Crippen LogP contribution in [0.2, 0.25) is 0 Å². The number of ether oxygens (including phenoxy) is 1. The van der Waals surface area contributed by atoms with Crippen LogP contribution in [0, 0.1) is 24.0 Å². The predicted molar refractivity (Wildman–Crippen MR) is 120 cm³/mol. The highest BCUT2D eigenvalue weighted by Gasteiger charge is 2.24. The molecule has 0 bridgehead atoms. The fourth-order valence-corrected chi connectivity index (χ4v) is 4.28. The van der Waals surface area contributed by atoms with E-state index in [1.807, 2.05) is 36.8 Å². The van der Waals surface area contributed by atoms with Gasteiger partial charge in [0.2, 0.25) is 10.0 Å². The van der Waals surface area contributed by atoms with Crippen molar-refractivity contribution in [1.82, 2.24) is 4.72 Å². The minimum atomic E-state index is -4.22. The number of esters is 1. The molecule has 2 aromatic carbocycles. The number of hydrogen-bond acceptors (Lipinski definition) is 8. The van der Waals surface area contributed by atoms with Crippen molar-refractivity contribution in [1.29, 1.82) is 0 Å². The highest BCUT2D eigenvalue weighted by atomic mass is 32.2. The number of sulfonamides is 1. The van der Waals surface area contributed by atoms with E-state index in [1.165, 1.54) is 19.1 Å². The number of rotatable bonds is 9. The molecule has 0 aliphatic rings. The molecule has 172 valence electrons. The van der Waals surface area contributed by atoms with Gasteiger partial charge < -0.3 is 10.1 Å². The third-order valence-corrected chi connectivity index (χ3v) is 6.65. The Balaban J connectivity index is 2.00. The van der Waals surface area contributed by atoms with E-state index in [2.05, 4.69) is 5.32 Å². The van der Waals surface area contributed by atoms with E-state index < -0.39 is 39.5 Å². The van der Waals surface area contributed by atoms with Crippen LogP contribution in [0.5, 0.6) is 0 Å². The Bertz CT molecular complexity index is 1130. The van der Waals surface area contributed by atoms with Crippen molar-refractivity contribution in [2.75, 3.05) is 18.1 Å². The number of hydrogen-bond donors (Lipinski definition) is 2. The highest BCUT2D eigenvalue weighted by Crippen LogP contribution is 2.29. The molecule has 32 heavy (non-hydrogen) atoms. The van der Waals surface area contributed by atoms with Gasteiger partial charge in [-0.1, -0.05) is 18.2 Å². The average Bonchev–Trinajstić information content (AvgIpc) is 2.74. The lowest BCUT2D eigenvalue weighted by Crippen LogP contribution is -2.36. The molecule has 1 atom stereocenters. The summed E-state index contributed by atoms with van der Waals surface area (Å²) in [5, 5.41) is 13.8. The van der Waals surface area contributed by atoms with Gasteiger partial charge >= 0.3 is 5.97 Å². The molecule has 1 unspecified atom stereocenters. The molecule has 0 aliphatic heterocycles. The Kier molecular flexibility index (Phi) is 8.36. The number of carbonyl (C=O) groups excluding carboxylic acids is 2. The summed E-state index contributed by atoms with van der Waals surface area (Å²) in [5.74, 6) is -1.55. The Morgan fingerprint density at radius 1 is 1.19 bits per heavy atom. The Hall–Kier alpha value is -2.96. The molecule has 0 saturated heterocycles. The number of nitro benzene ring substituents is 1. The van der Waals surface area contributed by atoms with Gasteiger partial charge in [0.05, 0.1) is 14.7 Å². The van der Waals surface area contributed by atoms with Gasteiger partial charge in [-0.25, -0.2) is 8.42 Å². The number of nitro groups is 1. The molecule has 1 amide bonds. The zero-order chi connectivity index (χ0) is 24.1. The summed E-state index contributed by atoms with van der Waals surface area (Å²) in [6.45, 7) is 4.26. The van der Waals surface area contributed by atoms with Gasteiger partial charge in [0, 0.05) is 11.8 Å². The molecule has 0 spiro atoms. The van der Waals surface area contributed by atoms with Gasteiger partial charge in [-0.05, 0) is 50.3 Å². The summed E-state index contributed by atoms with van der Waals surface area (Å²) in [6.07, 6.45) is 0.454. The first-order valence-electron chi connectivity index (χ1n) is 9.35. The summed E-state index contributed by atoms with van der Waals surface area (Å²) < 4.78 is 31.9. The van der Waals surface area contributed by atoms with Gasteiger partial charge in [-0.3, -0.25) is 19.7 Å². The van der Waals surface area contributed by atoms with E-state index >= 15 is 0 Å². The van der Waals surface area contributed by atoms with Gasteiger partial charge in [0.1, 0.15) is 6.54 Å². The second-order valence-electron chi connectivity index (χ2n) is 6.80. The van der Waals surface area contributed by atoms with Crippen LogP contribution in [0.25, 0.3) is 0 Å². The molecule has 2 N–H and O–H groups in total. The van der Waals surface area contributed by atoms with Crippen LogP contribution in [-0.2, 0) is 24.3 Å². The topological polar surface area (TPSA) is 145 Å². The summed E-state index contributed by atoms with van der Waals surface area (Å²) in [4.78, 5) is 34.8. The Morgan fingerprint density at radius 2 is 1.81 bits per heavy atom. The van der Waals surface area contributed by atoms with Crippen molar-refractivity contribution < 1.29 is 27.7 Å². The summed E-state index contributed by atoms with van der Waals surface area (Å²) >= 11 is 1.10. The smallest absolute Gasteiger partial charge is 0.321 e. The number of nitrogens with one attached hydrogen (secondary N) is 2. The zero-order valence-corrected chi connectivity index (χ0v) is 19.5. The third-order valence-electron chi connectivity index (χ3n) is 4.47. The first kappa shape index (κ1) is 25.3. The minimum Gasteiger partial charge on any atom is -0.452 e. The SMILES string of the molecule is CSc1ccc(S(=O)(=O)NCC(=O)OC(C)C(=O)Nc2c(C)cccc2C)cc1[N+](=O)[O-]. The first-order chi connectivity index (χ1) is 15.0. The van der Waals surface area contributed by atoms with Crippen molar-refractivity contribution >= 4 is 45.0 Å². The van der Waals surface area contributed by atoms with E-state index in [4.69, 9.17) is 4.74 Å². The lowest BCUT2D eigenvalue weighted by molar-refractivity contribution is -0.388. The molecule has 10 nitrogen and oxygen atoms in total. The van der Waals surface area contributed by atoms with E-state index in [9.17, 15) is 28.1 Å². The molecule has 0 saturated carbocycles. The monoisotopic (exact) mass is 481 g/mol. The molecule has 0 aromatic heterocycles. The molecular formula is C20H23N3O7S2. The van der Waals surface area contributed by atoms with Crippen LogP contribution in [0.4, 0.5) is 11.4 Å². The highest BCUT2D eigenvalue weighted by molar-refractivity contribution is 7.98. The van der Waals surface area contributed by atoms with Crippen LogP contribution in [-0.4, -0.2) is 44.1 Å². The molecule has 12 heteroatoms. The van der Waals surface area contributed by atoms with E-state index in [-0.39, 0.29) is 10.6 Å². The van der Waals surface area contributed by atoms with Gasteiger partial charge in [0.25, 0.3) is 11.6 Å². The van der Waals surface area contributed by atoms with Crippen LogP contribution in [0.3, 0.4) is 0 Å². The number of carbonyl (C=O) groups is 2. The third kappa shape index (κ3) is 6.28. The minimum absolute atomic E-state index is 0.303. The predicted octanol–water partition coefficient (Wildman–Crippen LogP) is 2.78. The standard InChI is InChI=1S/C20H23N3O7S2/c1-12-6-5-7-13(2)19(12)22-20(25)14(3)30-18(24)11-21-32(28,29)15-8-9-17(31-4)16(10-15)23(26)27/h5-10,14,21H,11H2,1-4H3,(H,22,25). The summed E-state index contributed by atoms with van der Waals surface area (Å²) in [5.41, 5.74) is 1.92. The number of thioether (sulfide) groups is 1. The van der Waals surface area contributed by atoms with Crippen molar-refractivity contribution in [3.63, 3.8) is 0 Å². The van der Waals surface area contributed by atoms with E-state index in [0.717, 1.165) is 29.0 Å². The summed E-state index contributed by atoms with van der Waals surface area (Å²) in [7, 11) is -4.22. The fraction of sp³-hybridized carbons (Fsp3) is 0.300. The van der Waals surface area contributed by atoms with Crippen molar-refractivity contribution in [3.05, 3.63) is 57.6 Å². The number of anilines is 1. The number of nitrogens with zero attached hydrogens (tertiary/aromatic N) is 1. The Labute approximate surface area is 189 Å². The number of amides is 1. The van der Waals surface area contributed by atoms with Crippen molar-refractivity contribution in [3.8, 4) is 0 Å². The average molecular weight is 482 g/mol. The summed E-state index contributed by atoms with van der Waals surface area (Å²) in [6, 6.07) is 8.93. The first-order valence-corrected chi connectivity index (χ1v) is 12.1. The van der Waals surface area contributed by atoms with Crippen LogP contribution >= 0.6 is 11.8 Å². The van der Waals surface area contributed by atoms with Crippen LogP contribution in [0.15, 0.2) is 46.2 Å². The second kappa shape index (κ2) is 10.6. The molecule has 0 radical (unpaired) electrons. The zero-order valence-electron chi connectivity index (χ0n) is 17.9. The molecular weight excluding hydrogens is 458 g/mol. The largest absolute Gasteiger partial charge is 0.452 e. The van der Waals surface area contributed by atoms with Gasteiger partial charge in [-0.2, -0.15) is 4.72 Å². The maximum absolute atomic E-state index is 12.4. The van der Waals surface area contributed by atoms with Crippen molar-refractivity contribution in [2.45, 2.75) is 36.7 Å². The molecule has 0 heterocycles. The van der Waals surface area contributed by atoms with Crippen LogP contribution < -0.4 is 10.0 Å². The van der Waals surface area contributed by atoms with Crippen LogP contribution in [0.1, 0.15) is 18.1 Å². The van der Waals surface area contributed by atoms with Gasteiger partial charge in [0.15, 0.2) is 6.10 Å². The Morgan fingerprint density at radius 3 is 2.38 bits per heavy atom. The second-order valence-corrected chi connectivity index (χ2v) is 9.42. The normalized spacial score (nSPS) is 12.1. The lowest BCUT2D eigenvalue weighted by atomic mass is 10.1. The van der Waals surface area contributed by atoms with E-state index in [0.29, 0.717) is 10.6 Å². The lowest BCUT2D eigenvalue weighted by Gasteiger charge is -2.16. The molecule has 0 fully saturated rings. The maximum atomic E-state index is 12.4. The van der Waals surface area contributed by atoms with Gasteiger partial charge in [-0.15, -0.1) is 11.8 Å². The molecule has 2 rings (SSSR count). The quantitative estimate of drug-likeness (QED) is 0.241. The molecule has 2 aromatic rings. The van der Waals surface area contributed by atoms with E-state index in [1.54, 1.807) is 6.26 Å². The van der Waals surface area contributed by atoms with Crippen molar-refractivity contribution in [2.24, 2.45) is 0 Å². The maximum Gasteiger partial charge on any atom is 0.321 e. The number of para-hydroxylation sites is 1. The number of benzene rings is 2.